The topological polar surface area (TPSA) is 41.9 Å². The maximum absolute atomic E-state index is 11.4. The number of esters is 1. The van der Waals surface area contributed by atoms with Gasteiger partial charge >= 0.3 is 5.97 Å². The Bertz CT molecular complexity index is 644. The van der Waals surface area contributed by atoms with Crippen LogP contribution < -0.4 is 0 Å². The van der Waals surface area contributed by atoms with Crippen LogP contribution in [-0.4, -0.2) is 42.4 Å². The number of nitrogens with zero attached hydrogens (tertiary/aromatic N) is 2. The van der Waals surface area contributed by atoms with E-state index in [1.54, 1.807) is 0 Å². The second-order valence-electron chi connectivity index (χ2n) is 7.90. The zero-order chi connectivity index (χ0) is 19.0. The molecule has 0 amide bonds. The van der Waals surface area contributed by atoms with Gasteiger partial charge in [0, 0.05) is 18.7 Å². The van der Waals surface area contributed by atoms with Gasteiger partial charge in [0.2, 0.25) is 0 Å². The molecule has 4 nitrogen and oxygen atoms in total. The Kier molecular flexibility index (Phi) is 7.43. The number of hydrogen-bond donors (Lipinski definition) is 0. The number of piperidine rings is 1. The van der Waals surface area contributed by atoms with E-state index >= 15 is 0 Å². The molecule has 1 aromatic rings. The van der Waals surface area contributed by atoms with Crippen molar-refractivity contribution >= 4 is 18.4 Å². The fourth-order valence-corrected chi connectivity index (χ4v) is 3.20. The summed E-state index contributed by atoms with van der Waals surface area (Å²) in [5.41, 5.74) is 2.32. The van der Waals surface area contributed by atoms with Gasteiger partial charge in [-0.2, -0.15) is 0 Å². The minimum atomic E-state index is -0.323. The molecule has 1 aliphatic rings. The van der Waals surface area contributed by atoms with Crippen molar-refractivity contribution in [3.05, 3.63) is 41.5 Å². The number of hydrogen-bond acceptors (Lipinski definition) is 3. The van der Waals surface area contributed by atoms with Gasteiger partial charge in [-0.05, 0) is 70.1 Å². The molecule has 1 heterocycles. The Hall–Kier alpha value is -2.10. The first-order valence-corrected chi connectivity index (χ1v) is 9.54. The van der Waals surface area contributed by atoms with Crippen molar-refractivity contribution in [2.45, 2.75) is 64.5 Å². The molecule has 4 heteroatoms. The highest BCUT2D eigenvalue weighted by molar-refractivity contribution is 5.87. The van der Waals surface area contributed by atoms with Crippen LogP contribution in [0, 0.1) is 0 Å². The van der Waals surface area contributed by atoms with Gasteiger partial charge < -0.3 is 9.64 Å². The summed E-state index contributed by atoms with van der Waals surface area (Å²) in [6, 6.07) is 8.79. The third-order valence-corrected chi connectivity index (χ3v) is 4.67. The van der Waals surface area contributed by atoms with Crippen molar-refractivity contribution in [1.82, 2.24) is 4.90 Å². The average molecular weight is 357 g/mol. The molecule has 142 valence electrons. The largest absolute Gasteiger partial charge is 0.466 e. The number of carbonyl (C=O) groups excluding carboxylic acids is 1. The third kappa shape index (κ3) is 6.66. The summed E-state index contributed by atoms with van der Waals surface area (Å²) in [5, 5.41) is 0. The van der Waals surface area contributed by atoms with E-state index in [0.29, 0.717) is 6.04 Å². The van der Waals surface area contributed by atoms with E-state index < -0.39 is 0 Å². The van der Waals surface area contributed by atoms with Crippen LogP contribution in [0.5, 0.6) is 0 Å². The molecule has 0 bridgehead atoms. The lowest BCUT2D eigenvalue weighted by Gasteiger charge is -2.35. The summed E-state index contributed by atoms with van der Waals surface area (Å²) in [7, 11) is 1.40. The summed E-state index contributed by atoms with van der Waals surface area (Å²) in [4.78, 5) is 18.5. The van der Waals surface area contributed by atoms with E-state index in [0.717, 1.165) is 24.9 Å². The molecule has 1 aromatic carbocycles. The van der Waals surface area contributed by atoms with E-state index in [1.165, 1.54) is 38.0 Å². The molecule has 1 atom stereocenters. The molecule has 1 saturated heterocycles. The molecule has 0 saturated carbocycles. The SMILES string of the molecule is COC(=O)/C=C/c1ccccc1CCC1CCCCN1C=NC(C)(C)C. The van der Waals surface area contributed by atoms with Crippen LogP contribution in [0.4, 0.5) is 0 Å². The van der Waals surface area contributed by atoms with Crippen molar-refractivity contribution < 1.29 is 9.53 Å². The van der Waals surface area contributed by atoms with Gasteiger partial charge in [-0.1, -0.05) is 24.3 Å². The number of methoxy groups -OCH3 is 1. The smallest absolute Gasteiger partial charge is 0.330 e. The van der Waals surface area contributed by atoms with E-state index in [9.17, 15) is 4.79 Å². The van der Waals surface area contributed by atoms with E-state index in [2.05, 4.69) is 54.9 Å². The number of carbonyl (C=O) groups is 1. The average Bonchev–Trinajstić information content (AvgIpc) is 2.63. The third-order valence-electron chi connectivity index (χ3n) is 4.67. The standard InChI is InChI=1S/C22H32N2O2/c1-22(2,3)23-17-24-16-8-7-11-20(24)14-12-18-9-5-6-10-19(18)13-15-21(25)26-4/h5-6,9-10,13,15,17,20H,7-8,11-12,14,16H2,1-4H3/b15-13+,23-17?. The lowest BCUT2D eigenvalue weighted by atomic mass is 9.94. The Morgan fingerprint density at radius 2 is 2.08 bits per heavy atom. The molecule has 0 aromatic heterocycles. The zero-order valence-electron chi connectivity index (χ0n) is 16.6. The van der Waals surface area contributed by atoms with Crippen LogP contribution in [0.3, 0.4) is 0 Å². The van der Waals surface area contributed by atoms with Crippen LogP contribution in [-0.2, 0) is 16.0 Å². The van der Waals surface area contributed by atoms with Crippen LogP contribution in [0.15, 0.2) is 35.3 Å². The van der Waals surface area contributed by atoms with Gasteiger partial charge in [-0.3, -0.25) is 4.99 Å². The Morgan fingerprint density at radius 3 is 2.81 bits per heavy atom. The van der Waals surface area contributed by atoms with Gasteiger partial charge in [0.1, 0.15) is 0 Å². The first kappa shape index (κ1) is 20.2. The fourth-order valence-electron chi connectivity index (χ4n) is 3.20. The van der Waals surface area contributed by atoms with E-state index in [1.807, 2.05) is 12.1 Å². The predicted molar refractivity (Wildman–Crippen MR) is 108 cm³/mol. The van der Waals surface area contributed by atoms with Gasteiger partial charge in [0.25, 0.3) is 0 Å². The molecule has 2 rings (SSSR count). The Balaban J connectivity index is 2.03. The second-order valence-corrected chi connectivity index (χ2v) is 7.90. The van der Waals surface area contributed by atoms with Crippen LogP contribution >= 0.6 is 0 Å². The van der Waals surface area contributed by atoms with Crippen LogP contribution in [0.2, 0.25) is 0 Å². The summed E-state index contributed by atoms with van der Waals surface area (Å²) < 4.78 is 4.69. The highest BCUT2D eigenvalue weighted by Gasteiger charge is 2.21. The van der Waals surface area contributed by atoms with E-state index in [4.69, 9.17) is 4.99 Å². The fraction of sp³-hybridized carbons (Fsp3) is 0.545. The monoisotopic (exact) mass is 356 g/mol. The lowest BCUT2D eigenvalue weighted by Crippen LogP contribution is -2.39. The van der Waals surface area contributed by atoms with Crippen LogP contribution in [0.25, 0.3) is 6.08 Å². The van der Waals surface area contributed by atoms with Gasteiger partial charge in [-0.15, -0.1) is 0 Å². The number of benzene rings is 1. The summed E-state index contributed by atoms with van der Waals surface area (Å²) >= 11 is 0. The minimum Gasteiger partial charge on any atom is -0.466 e. The van der Waals surface area contributed by atoms with Crippen molar-refractivity contribution in [2.75, 3.05) is 13.7 Å². The molecule has 1 unspecified atom stereocenters. The predicted octanol–water partition coefficient (Wildman–Crippen LogP) is 4.49. The number of ether oxygens (including phenoxy) is 1. The molecule has 26 heavy (non-hydrogen) atoms. The highest BCUT2D eigenvalue weighted by atomic mass is 16.5. The summed E-state index contributed by atoms with van der Waals surface area (Å²) in [5.74, 6) is -0.323. The molecule has 0 N–H and O–H groups in total. The lowest BCUT2D eigenvalue weighted by molar-refractivity contribution is -0.134. The van der Waals surface area contributed by atoms with Crippen molar-refractivity contribution in [1.29, 1.82) is 0 Å². The molecular weight excluding hydrogens is 324 g/mol. The molecule has 0 radical (unpaired) electrons. The van der Waals surface area contributed by atoms with Gasteiger partial charge in [0.05, 0.1) is 19.0 Å². The van der Waals surface area contributed by atoms with Gasteiger partial charge in [0.15, 0.2) is 0 Å². The van der Waals surface area contributed by atoms with Crippen molar-refractivity contribution in [2.24, 2.45) is 4.99 Å². The Labute approximate surface area is 158 Å². The van der Waals surface area contributed by atoms with E-state index in [-0.39, 0.29) is 11.5 Å². The summed E-state index contributed by atoms with van der Waals surface area (Å²) in [6.45, 7) is 7.49. The summed E-state index contributed by atoms with van der Waals surface area (Å²) in [6.07, 6.45) is 11.2. The molecule has 0 spiro atoms. The normalized spacial score (nSPS) is 18.6. The van der Waals surface area contributed by atoms with Gasteiger partial charge in [-0.25, -0.2) is 4.79 Å². The van der Waals surface area contributed by atoms with Crippen LogP contribution in [0.1, 0.15) is 57.6 Å². The number of aliphatic imine (C=N–C) groups is 1. The van der Waals surface area contributed by atoms with Crippen molar-refractivity contribution in [3.63, 3.8) is 0 Å². The number of aryl methyl sites for hydroxylation is 1. The maximum Gasteiger partial charge on any atom is 0.330 e. The quantitative estimate of drug-likeness (QED) is 0.326. The first-order valence-electron chi connectivity index (χ1n) is 9.54. The molecule has 1 aliphatic heterocycles. The number of rotatable bonds is 6. The number of likely N-dealkylation sites (tertiary alicyclic amines) is 1. The maximum atomic E-state index is 11.4. The minimum absolute atomic E-state index is 0.0344. The highest BCUT2D eigenvalue weighted by Crippen LogP contribution is 2.22. The van der Waals surface area contributed by atoms with Crippen molar-refractivity contribution in [3.8, 4) is 0 Å². The molecule has 1 fully saturated rings. The second kappa shape index (κ2) is 9.56. The molecular formula is C22H32N2O2. The Morgan fingerprint density at radius 1 is 1.31 bits per heavy atom. The zero-order valence-corrected chi connectivity index (χ0v) is 16.6. The first-order chi connectivity index (χ1) is 12.4. The molecule has 0 aliphatic carbocycles.